The quantitative estimate of drug-likeness (QED) is 0.634. The fourth-order valence-electron chi connectivity index (χ4n) is 2.81. The van der Waals surface area contributed by atoms with E-state index in [9.17, 15) is 0 Å². The van der Waals surface area contributed by atoms with Gasteiger partial charge in [-0.3, -0.25) is 0 Å². The molecule has 1 fully saturated rings. The second kappa shape index (κ2) is 10.7. The van der Waals surface area contributed by atoms with Crippen LogP contribution in [0, 0.1) is 11.8 Å². The van der Waals surface area contributed by atoms with Crippen LogP contribution in [0.3, 0.4) is 0 Å². The Hall–Kier alpha value is -0.940. The molecule has 4 nitrogen and oxygen atoms in total. The molecule has 120 valence electrons. The van der Waals surface area contributed by atoms with Gasteiger partial charge in [0.2, 0.25) is 0 Å². The zero-order valence-electron chi connectivity index (χ0n) is 13.1. The minimum atomic E-state index is 0.591. The Morgan fingerprint density at radius 1 is 0.762 bits per heavy atom. The predicted octanol–water partition coefficient (Wildman–Crippen LogP) is 1.70. The summed E-state index contributed by atoms with van der Waals surface area (Å²) in [6, 6.07) is 8.00. The zero-order chi connectivity index (χ0) is 15.5. The number of hydrogen-bond donors (Lipinski definition) is 4. The van der Waals surface area contributed by atoms with Gasteiger partial charge in [0.15, 0.2) is 0 Å². The minimum absolute atomic E-state index is 0.591. The van der Waals surface area contributed by atoms with Gasteiger partial charge in [-0.15, -0.1) is 0 Å². The third kappa shape index (κ3) is 7.05. The van der Waals surface area contributed by atoms with Gasteiger partial charge in [-0.2, -0.15) is 0 Å². The first-order chi connectivity index (χ1) is 10.2. The third-order valence-corrected chi connectivity index (χ3v) is 4.34. The summed E-state index contributed by atoms with van der Waals surface area (Å²) in [4.78, 5) is 0. The molecule has 1 aliphatic rings. The first-order valence-electron chi connectivity index (χ1n) is 8.11. The summed E-state index contributed by atoms with van der Waals surface area (Å²) >= 11 is 0. The third-order valence-electron chi connectivity index (χ3n) is 4.34. The second-order valence-electron chi connectivity index (χ2n) is 5.94. The Balaban J connectivity index is 0.000000211. The highest BCUT2D eigenvalue weighted by molar-refractivity contribution is 5.22. The predicted molar refractivity (Wildman–Crippen MR) is 90.4 cm³/mol. The van der Waals surface area contributed by atoms with Gasteiger partial charge >= 0.3 is 0 Å². The average Bonchev–Trinajstić information content (AvgIpc) is 2.80. The van der Waals surface area contributed by atoms with Crippen LogP contribution in [0.15, 0.2) is 24.3 Å². The highest BCUT2D eigenvalue weighted by atomic mass is 14.6. The molecule has 0 radical (unpaired) electrons. The van der Waals surface area contributed by atoms with E-state index >= 15 is 0 Å². The maximum absolute atomic E-state index is 5.63. The molecule has 0 spiro atoms. The zero-order valence-corrected chi connectivity index (χ0v) is 13.1. The van der Waals surface area contributed by atoms with Crippen LogP contribution in [0.2, 0.25) is 0 Å². The fourth-order valence-corrected chi connectivity index (χ4v) is 2.81. The molecule has 1 saturated carbocycles. The lowest BCUT2D eigenvalue weighted by Crippen LogP contribution is -2.15. The van der Waals surface area contributed by atoms with Gasteiger partial charge in [0.1, 0.15) is 0 Å². The molecule has 0 saturated heterocycles. The van der Waals surface area contributed by atoms with Crippen LogP contribution in [0.5, 0.6) is 0 Å². The fraction of sp³-hybridized carbons (Fsp3) is 0.647. The first kappa shape index (κ1) is 18.1. The highest BCUT2D eigenvalue weighted by Crippen LogP contribution is 2.25. The molecule has 0 amide bonds. The Bertz CT molecular complexity index is 350. The average molecular weight is 292 g/mol. The van der Waals surface area contributed by atoms with Crippen molar-refractivity contribution in [1.82, 2.24) is 0 Å². The van der Waals surface area contributed by atoms with Gasteiger partial charge in [-0.1, -0.05) is 30.7 Å². The summed E-state index contributed by atoms with van der Waals surface area (Å²) in [6.45, 7) is 2.93. The first-order valence-corrected chi connectivity index (χ1v) is 8.11. The molecule has 8 N–H and O–H groups in total. The van der Waals surface area contributed by atoms with E-state index in [4.69, 9.17) is 22.9 Å². The van der Waals surface area contributed by atoms with Gasteiger partial charge in [0.25, 0.3) is 0 Å². The van der Waals surface area contributed by atoms with Crippen molar-refractivity contribution in [2.45, 2.75) is 45.2 Å². The van der Waals surface area contributed by atoms with E-state index in [-0.39, 0.29) is 0 Å². The van der Waals surface area contributed by atoms with Crippen molar-refractivity contribution in [3.05, 3.63) is 35.4 Å². The minimum Gasteiger partial charge on any atom is -0.330 e. The number of nitrogens with two attached hydrogens (primary N) is 4. The molecular weight excluding hydrogens is 260 g/mol. The van der Waals surface area contributed by atoms with Crippen molar-refractivity contribution in [1.29, 1.82) is 0 Å². The van der Waals surface area contributed by atoms with Crippen LogP contribution < -0.4 is 22.9 Å². The standard InChI is InChI=1S/C9H20N2.C8H12N2/c10-6-8-2-1-3-9(7-11)5-4-8;9-5-7-2-1-3-8(4-7)6-10/h8-9H,1-7,10-11H2;1-4H,5-6,9-10H2. The van der Waals surface area contributed by atoms with E-state index in [1.807, 2.05) is 24.3 Å². The topological polar surface area (TPSA) is 104 Å². The van der Waals surface area contributed by atoms with Crippen molar-refractivity contribution >= 4 is 0 Å². The summed E-state index contributed by atoms with van der Waals surface area (Å²) < 4.78 is 0. The summed E-state index contributed by atoms with van der Waals surface area (Å²) in [6.07, 6.45) is 6.60. The Morgan fingerprint density at radius 2 is 1.24 bits per heavy atom. The van der Waals surface area contributed by atoms with E-state index in [1.54, 1.807) is 0 Å². The highest BCUT2D eigenvalue weighted by Gasteiger charge is 2.16. The molecule has 1 aromatic rings. The molecule has 0 aliphatic heterocycles. The van der Waals surface area contributed by atoms with E-state index in [2.05, 4.69) is 0 Å². The lowest BCUT2D eigenvalue weighted by molar-refractivity contribution is 0.441. The Morgan fingerprint density at radius 3 is 1.62 bits per heavy atom. The van der Waals surface area contributed by atoms with Gasteiger partial charge in [0, 0.05) is 13.1 Å². The monoisotopic (exact) mass is 292 g/mol. The smallest absolute Gasteiger partial charge is 0.0178 e. The van der Waals surface area contributed by atoms with Gasteiger partial charge in [-0.05, 0) is 61.7 Å². The second-order valence-corrected chi connectivity index (χ2v) is 5.94. The van der Waals surface area contributed by atoms with Crippen LogP contribution in [-0.2, 0) is 13.1 Å². The van der Waals surface area contributed by atoms with Crippen LogP contribution in [0.25, 0.3) is 0 Å². The normalized spacial score (nSPS) is 22.1. The van der Waals surface area contributed by atoms with Crippen molar-refractivity contribution in [3.63, 3.8) is 0 Å². The lowest BCUT2D eigenvalue weighted by Gasteiger charge is -2.11. The Labute approximate surface area is 129 Å². The summed E-state index contributed by atoms with van der Waals surface area (Å²) in [5.74, 6) is 1.57. The van der Waals surface area contributed by atoms with Gasteiger partial charge in [-0.25, -0.2) is 0 Å². The van der Waals surface area contributed by atoms with Crippen LogP contribution >= 0.6 is 0 Å². The van der Waals surface area contributed by atoms with Gasteiger partial charge in [0.05, 0.1) is 0 Å². The van der Waals surface area contributed by atoms with E-state index < -0.39 is 0 Å². The van der Waals surface area contributed by atoms with Crippen LogP contribution in [0.4, 0.5) is 0 Å². The number of rotatable bonds is 4. The maximum Gasteiger partial charge on any atom is 0.0178 e. The SMILES string of the molecule is NCC1CCCC(CN)CC1.NCc1cccc(CN)c1. The number of benzene rings is 1. The molecule has 1 aromatic carbocycles. The van der Waals surface area contributed by atoms with E-state index in [1.165, 1.54) is 32.1 Å². The van der Waals surface area contributed by atoms with E-state index in [0.717, 1.165) is 36.1 Å². The van der Waals surface area contributed by atoms with Crippen LogP contribution in [-0.4, -0.2) is 13.1 Å². The summed E-state index contributed by atoms with van der Waals surface area (Å²) in [5, 5.41) is 0. The molecule has 4 heteroatoms. The number of hydrogen-bond acceptors (Lipinski definition) is 4. The van der Waals surface area contributed by atoms with Crippen molar-refractivity contribution in [2.75, 3.05) is 13.1 Å². The summed E-state index contributed by atoms with van der Waals surface area (Å²) in [7, 11) is 0. The van der Waals surface area contributed by atoms with E-state index in [0.29, 0.717) is 13.1 Å². The molecule has 0 bridgehead atoms. The molecule has 0 aromatic heterocycles. The lowest BCUT2D eigenvalue weighted by atomic mass is 9.98. The molecule has 2 unspecified atom stereocenters. The largest absolute Gasteiger partial charge is 0.330 e. The van der Waals surface area contributed by atoms with Crippen LogP contribution in [0.1, 0.15) is 43.2 Å². The molecule has 21 heavy (non-hydrogen) atoms. The van der Waals surface area contributed by atoms with Crippen molar-refractivity contribution in [3.8, 4) is 0 Å². The maximum atomic E-state index is 5.63. The molecule has 0 heterocycles. The Kier molecular flexibility index (Phi) is 9.26. The summed E-state index contributed by atoms with van der Waals surface area (Å²) in [5.41, 5.74) is 24.4. The molecular formula is C17H32N4. The van der Waals surface area contributed by atoms with Crippen molar-refractivity contribution < 1.29 is 0 Å². The van der Waals surface area contributed by atoms with Crippen molar-refractivity contribution in [2.24, 2.45) is 34.8 Å². The van der Waals surface area contributed by atoms with Gasteiger partial charge < -0.3 is 22.9 Å². The molecule has 2 atom stereocenters. The molecule has 1 aliphatic carbocycles. The molecule has 2 rings (SSSR count).